The van der Waals surface area contributed by atoms with Crippen molar-refractivity contribution in [3.8, 4) is 11.8 Å². The summed E-state index contributed by atoms with van der Waals surface area (Å²) in [5.41, 5.74) is 2.50. The lowest BCUT2D eigenvalue weighted by Gasteiger charge is -2.61. The Hall–Kier alpha value is -3.47. The molecule has 2 N–H and O–H groups in total. The lowest BCUT2D eigenvalue weighted by molar-refractivity contribution is -0.117. The number of carbonyl (C=O) groups is 1. The second-order valence-electron chi connectivity index (χ2n) is 8.65. The van der Waals surface area contributed by atoms with Crippen LogP contribution < -0.4 is 10.6 Å². The highest BCUT2D eigenvalue weighted by molar-refractivity contribution is 5.97. The van der Waals surface area contributed by atoms with Gasteiger partial charge in [0, 0.05) is 30.7 Å². The number of hydrogen-bond acceptors (Lipinski definition) is 6. The second kappa shape index (κ2) is 6.26. The van der Waals surface area contributed by atoms with E-state index < -0.39 is 0 Å². The zero-order valence-corrected chi connectivity index (χ0v) is 16.6. The highest BCUT2D eigenvalue weighted by atomic mass is 16.2. The number of carbonyl (C=O) groups excluding carboxylic acids is 1. The molecule has 0 unspecified atom stereocenters. The maximum Gasteiger partial charge on any atom is 0.228 e. The van der Waals surface area contributed by atoms with Crippen molar-refractivity contribution in [1.82, 2.24) is 25.0 Å². The molecule has 7 rings (SSSR count). The fourth-order valence-corrected chi connectivity index (χ4v) is 4.45. The molecule has 3 aromatic heterocycles. The molecular weight excluding hydrogens is 378 g/mol. The molecule has 4 aliphatic carbocycles. The Morgan fingerprint density at radius 3 is 2.73 bits per heavy atom. The molecule has 3 aromatic rings. The fourth-order valence-electron chi connectivity index (χ4n) is 4.45. The second-order valence-corrected chi connectivity index (χ2v) is 8.65. The van der Waals surface area contributed by atoms with Crippen LogP contribution in [0.2, 0.25) is 0 Å². The maximum absolute atomic E-state index is 12.1. The van der Waals surface area contributed by atoms with E-state index in [1.165, 1.54) is 19.3 Å². The van der Waals surface area contributed by atoms with E-state index in [1.807, 2.05) is 18.5 Å². The van der Waals surface area contributed by atoms with Gasteiger partial charge in [-0.25, -0.2) is 4.98 Å². The van der Waals surface area contributed by atoms with E-state index in [0.29, 0.717) is 17.2 Å². The Bertz CT molecular complexity index is 1230. The van der Waals surface area contributed by atoms with Crippen LogP contribution >= 0.6 is 0 Å². The van der Waals surface area contributed by atoms with Gasteiger partial charge in [-0.1, -0.05) is 11.8 Å². The van der Waals surface area contributed by atoms with E-state index in [1.54, 1.807) is 13.2 Å². The van der Waals surface area contributed by atoms with Crippen molar-refractivity contribution in [2.75, 3.05) is 17.7 Å². The molecular formula is C22H21N7O. The van der Waals surface area contributed by atoms with E-state index in [4.69, 9.17) is 0 Å². The molecule has 8 nitrogen and oxygen atoms in total. The van der Waals surface area contributed by atoms with Crippen LogP contribution in [0.5, 0.6) is 0 Å². The van der Waals surface area contributed by atoms with Crippen molar-refractivity contribution >= 4 is 28.4 Å². The van der Waals surface area contributed by atoms with Gasteiger partial charge in [0.2, 0.25) is 5.91 Å². The SMILES string of the molecule is CNc1ncc(C#Cc2cnn(C34CC(C3)C4)c2)c2cc(NC(=O)C3CC3)nnc12. The van der Waals surface area contributed by atoms with Gasteiger partial charge in [-0.2, -0.15) is 5.10 Å². The predicted octanol–water partition coefficient (Wildman–Crippen LogP) is 2.52. The van der Waals surface area contributed by atoms with Gasteiger partial charge in [0.15, 0.2) is 11.6 Å². The highest BCUT2D eigenvalue weighted by Gasteiger charge is 2.58. The number of nitrogens with zero attached hydrogens (tertiary/aromatic N) is 5. The van der Waals surface area contributed by atoms with Gasteiger partial charge in [0.05, 0.1) is 22.9 Å². The van der Waals surface area contributed by atoms with Crippen LogP contribution in [0.3, 0.4) is 0 Å². The minimum atomic E-state index is 0.000183. The van der Waals surface area contributed by atoms with Gasteiger partial charge < -0.3 is 10.6 Å². The first-order valence-electron chi connectivity index (χ1n) is 10.4. The van der Waals surface area contributed by atoms with E-state index >= 15 is 0 Å². The molecule has 4 fully saturated rings. The van der Waals surface area contributed by atoms with Crippen LogP contribution in [-0.4, -0.2) is 37.9 Å². The molecule has 0 aliphatic heterocycles. The average molecular weight is 399 g/mol. The number of fused-ring (bicyclic) bond motifs is 1. The Morgan fingerprint density at radius 1 is 1.20 bits per heavy atom. The van der Waals surface area contributed by atoms with Crippen molar-refractivity contribution < 1.29 is 4.79 Å². The zero-order chi connectivity index (χ0) is 20.3. The number of nitrogens with one attached hydrogen (secondary N) is 2. The van der Waals surface area contributed by atoms with Crippen LogP contribution in [-0.2, 0) is 10.3 Å². The number of hydrogen-bond donors (Lipinski definition) is 2. The van der Waals surface area contributed by atoms with Gasteiger partial charge in [0.1, 0.15) is 5.52 Å². The lowest BCUT2D eigenvalue weighted by atomic mass is 9.50. The first-order valence-corrected chi connectivity index (χ1v) is 10.4. The van der Waals surface area contributed by atoms with Gasteiger partial charge in [-0.05, 0) is 44.1 Å². The summed E-state index contributed by atoms with van der Waals surface area (Å²) in [6.07, 6.45) is 11.2. The van der Waals surface area contributed by atoms with Gasteiger partial charge in [-0.15, -0.1) is 10.2 Å². The van der Waals surface area contributed by atoms with Crippen LogP contribution in [0.1, 0.15) is 43.2 Å². The summed E-state index contributed by atoms with van der Waals surface area (Å²) >= 11 is 0. The van der Waals surface area contributed by atoms with Crippen LogP contribution in [0.15, 0.2) is 24.7 Å². The highest BCUT2D eigenvalue weighted by Crippen LogP contribution is 2.61. The van der Waals surface area contributed by atoms with E-state index in [9.17, 15) is 4.79 Å². The summed E-state index contributed by atoms with van der Waals surface area (Å²) in [5, 5.41) is 19.7. The third-order valence-electron chi connectivity index (χ3n) is 6.48. The quantitative estimate of drug-likeness (QED) is 0.655. The number of rotatable bonds is 4. The molecule has 0 aromatic carbocycles. The predicted molar refractivity (Wildman–Crippen MR) is 112 cm³/mol. The van der Waals surface area contributed by atoms with Crippen molar-refractivity contribution in [2.24, 2.45) is 11.8 Å². The molecule has 1 amide bonds. The van der Waals surface area contributed by atoms with E-state index in [-0.39, 0.29) is 17.4 Å². The van der Waals surface area contributed by atoms with Crippen molar-refractivity contribution in [3.05, 3.63) is 35.8 Å². The Balaban J connectivity index is 1.34. The standard InChI is InChI=1S/C22H21N7O/c1-23-20-19-17(6-18(27-28-19)26-21(30)15-4-5-15)16(11-24-20)3-2-13-10-25-29(12-13)22-7-14(8-22)9-22/h6,10-12,14-15H,4-5,7-9H2,1H3,(H,23,24)(H,26,27,30). The molecule has 4 aliphatic rings. The summed E-state index contributed by atoms with van der Waals surface area (Å²) in [6, 6.07) is 1.82. The first-order chi connectivity index (χ1) is 14.6. The molecule has 0 radical (unpaired) electrons. The minimum Gasteiger partial charge on any atom is -0.371 e. The summed E-state index contributed by atoms with van der Waals surface area (Å²) in [6.45, 7) is 0. The van der Waals surface area contributed by atoms with Crippen molar-refractivity contribution in [2.45, 2.75) is 37.6 Å². The fraction of sp³-hybridized carbons (Fsp3) is 0.409. The van der Waals surface area contributed by atoms with Gasteiger partial charge in [0.25, 0.3) is 0 Å². The molecule has 150 valence electrons. The Kier molecular flexibility index (Phi) is 3.63. The normalized spacial score (nSPS) is 23.7. The number of amides is 1. The zero-order valence-electron chi connectivity index (χ0n) is 16.6. The van der Waals surface area contributed by atoms with Crippen LogP contribution in [0, 0.1) is 23.7 Å². The average Bonchev–Trinajstić information content (AvgIpc) is 3.44. The van der Waals surface area contributed by atoms with Crippen LogP contribution in [0.25, 0.3) is 10.9 Å². The third-order valence-corrected chi connectivity index (χ3v) is 6.48. The molecule has 0 saturated heterocycles. The van der Waals surface area contributed by atoms with Crippen molar-refractivity contribution in [1.29, 1.82) is 0 Å². The molecule has 0 atom stereocenters. The molecule has 30 heavy (non-hydrogen) atoms. The number of pyridine rings is 1. The van der Waals surface area contributed by atoms with Crippen LogP contribution in [0.4, 0.5) is 11.6 Å². The number of aromatic nitrogens is 5. The summed E-state index contributed by atoms with van der Waals surface area (Å²) in [5.74, 6) is 8.49. The number of anilines is 2. The monoisotopic (exact) mass is 399 g/mol. The van der Waals surface area contributed by atoms with Gasteiger partial charge in [-0.3, -0.25) is 9.48 Å². The Morgan fingerprint density at radius 2 is 2.03 bits per heavy atom. The maximum atomic E-state index is 12.1. The molecule has 2 bridgehead atoms. The minimum absolute atomic E-state index is 0.000183. The van der Waals surface area contributed by atoms with E-state index in [0.717, 1.165) is 35.3 Å². The molecule has 4 saturated carbocycles. The molecule has 0 spiro atoms. The van der Waals surface area contributed by atoms with E-state index in [2.05, 4.69) is 47.4 Å². The third kappa shape index (κ3) is 2.73. The topological polar surface area (TPSA) is 97.6 Å². The molecule has 8 heteroatoms. The van der Waals surface area contributed by atoms with Gasteiger partial charge >= 0.3 is 0 Å². The Labute approximate surface area is 173 Å². The smallest absolute Gasteiger partial charge is 0.228 e. The largest absolute Gasteiger partial charge is 0.371 e. The summed E-state index contributed by atoms with van der Waals surface area (Å²) in [7, 11) is 1.79. The summed E-state index contributed by atoms with van der Waals surface area (Å²) < 4.78 is 2.09. The first kappa shape index (κ1) is 17.4. The van der Waals surface area contributed by atoms with Crippen molar-refractivity contribution in [3.63, 3.8) is 0 Å². The molecule has 3 heterocycles. The summed E-state index contributed by atoms with van der Waals surface area (Å²) in [4.78, 5) is 16.5. The lowest BCUT2D eigenvalue weighted by Crippen LogP contribution is -2.59.